The molecule has 2 aliphatic heterocycles. The number of benzene rings is 1. The molecular formula is C15H20N2O2. The summed E-state index contributed by atoms with van der Waals surface area (Å²) in [5, 5.41) is 3.03. The largest absolute Gasteiger partial charge is 0.493 e. The third kappa shape index (κ3) is 2.83. The molecule has 2 amide bonds. The summed E-state index contributed by atoms with van der Waals surface area (Å²) >= 11 is 0. The highest BCUT2D eigenvalue weighted by Crippen LogP contribution is 2.26. The van der Waals surface area contributed by atoms with Crippen LogP contribution in [0.1, 0.15) is 18.4 Å². The molecule has 19 heavy (non-hydrogen) atoms. The molecule has 1 saturated heterocycles. The summed E-state index contributed by atoms with van der Waals surface area (Å²) < 4.78 is 5.73. The molecule has 3 rings (SSSR count). The number of amides is 2. The minimum atomic E-state index is 0.0800. The van der Waals surface area contributed by atoms with E-state index in [9.17, 15) is 4.79 Å². The smallest absolute Gasteiger partial charge is 0.317 e. The Labute approximate surface area is 113 Å². The zero-order valence-corrected chi connectivity index (χ0v) is 11.1. The second-order valence-electron chi connectivity index (χ2n) is 5.37. The fourth-order valence-electron chi connectivity index (χ4n) is 2.79. The van der Waals surface area contributed by atoms with Crippen molar-refractivity contribution < 1.29 is 9.53 Å². The molecule has 4 heteroatoms. The van der Waals surface area contributed by atoms with E-state index in [1.54, 1.807) is 0 Å². The van der Waals surface area contributed by atoms with E-state index in [0.717, 1.165) is 38.1 Å². The molecule has 1 fully saturated rings. The van der Waals surface area contributed by atoms with Gasteiger partial charge in [0.2, 0.25) is 0 Å². The zero-order chi connectivity index (χ0) is 13.1. The predicted molar refractivity (Wildman–Crippen MR) is 73.3 cm³/mol. The van der Waals surface area contributed by atoms with Crippen LogP contribution in [0.5, 0.6) is 5.75 Å². The van der Waals surface area contributed by atoms with Crippen LogP contribution in [0.25, 0.3) is 0 Å². The van der Waals surface area contributed by atoms with E-state index in [1.807, 2.05) is 23.1 Å². The fourth-order valence-corrected chi connectivity index (χ4v) is 2.79. The Hall–Kier alpha value is -1.71. The van der Waals surface area contributed by atoms with E-state index < -0.39 is 0 Å². The molecule has 4 nitrogen and oxygen atoms in total. The number of ether oxygens (including phenoxy) is 1. The molecule has 0 spiro atoms. The number of nitrogens with zero attached hydrogens (tertiary/aromatic N) is 1. The number of carbonyl (C=O) groups is 1. The van der Waals surface area contributed by atoms with Crippen LogP contribution in [0.3, 0.4) is 0 Å². The first kappa shape index (κ1) is 12.3. The van der Waals surface area contributed by atoms with Crippen LogP contribution >= 0.6 is 0 Å². The standard InChI is InChI=1S/C15H20N2O2/c18-15(17-7-3-4-8-17)16-10-12-9-13-5-1-2-6-14(13)19-11-12/h1-2,5-6,12H,3-4,7-11H2,(H,16,18)/t12-/m0/s1. The van der Waals surface area contributed by atoms with E-state index in [0.29, 0.717) is 19.1 Å². The number of carbonyl (C=O) groups excluding carboxylic acids is 1. The van der Waals surface area contributed by atoms with E-state index in [-0.39, 0.29) is 6.03 Å². The third-order valence-corrected chi connectivity index (χ3v) is 3.89. The van der Waals surface area contributed by atoms with E-state index in [2.05, 4.69) is 11.4 Å². The van der Waals surface area contributed by atoms with Gasteiger partial charge in [0, 0.05) is 25.6 Å². The van der Waals surface area contributed by atoms with Crippen LogP contribution in [0.4, 0.5) is 4.79 Å². The van der Waals surface area contributed by atoms with Crippen LogP contribution < -0.4 is 10.1 Å². The van der Waals surface area contributed by atoms with Crippen molar-refractivity contribution in [3.63, 3.8) is 0 Å². The maximum atomic E-state index is 11.9. The van der Waals surface area contributed by atoms with Crippen molar-refractivity contribution in [3.8, 4) is 5.75 Å². The summed E-state index contributed by atoms with van der Waals surface area (Å²) in [5.41, 5.74) is 1.24. The predicted octanol–water partition coefficient (Wildman–Crippen LogP) is 2.04. The normalized spacial score (nSPS) is 21.7. The molecular weight excluding hydrogens is 240 g/mol. The van der Waals surface area contributed by atoms with Crippen molar-refractivity contribution in [3.05, 3.63) is 29.8 Å². The third-order valence-electron chi connectivity index (χ3n) is 3.89. The monoisotopic (exact) mass is 260 g/mol. The number of urea groups is 1. The van der Waals surface area contributed by atoms with Gasteiger partial charge in [0.1, 0.15) is 5.75 Å². The summed E-state index contributed by atoms with van der Waals surface area (Å²) in [5.74, 6) is 1.37. The molecule has 2 heterocycles. The molecule has 102 valence electrons. The molecule has 2 aliphatic rings. The summed E-state index contributed by atoms with van der Waals surface area (Å²) in [4.78, 5) is 13.8. The summed E-state index contributed by atoms with van der Waals surface area (Å²) in [6.45, 7) is 3.19. The lowest BCUT2D eigenvalue weighted by Crippen LogP contribution is -2.42. The Bertz CT molecular complexity index is 455. The van der Waals surface area contributed by atoms with Crippen LogP contribution in [0.15, 0.2) is 24.3 Å². The quantitative estimate of drug-likeness (QED) is 0.884. The lowest BCUT2D eigenvalue weighted by molar-refractivity contribution is 0.194. The van der Waals surface area contributed by atoms with Gasteiger partial charge in [0.15, 0.2) is 0 Å². The topological polar surface area (TPSA) is 41.6 Å². The zero-order valence-electron chi connectivity index (χ0n) is 11.1. The number of para-hydroxylation sites is 1. The van der Waals surface area contributed by atoms with E-state index >= 15 is 0 Å². The Balaban J connectivity index is 1.50. The molecule has 0 unspecified atom stereocenters. The molecule has 1 aromatic carbocycles. The summed E-state index contributed by atoms with van der Waals surface area (Å²) in [6, 6.07) is 8.22. The maximum Gasteiger partial charge on any atom is 0.317 e. The number of rotatable bonds is 2. The molecule has 0 saturated carbocycles. The number of hydrogen-bond donors (Lipinski definition) is 1. The van der Waals surface area contributed by atoms with Gasteiger partial charge in [-0.15, -0.1) is 0 Å². The van der Waals surface area contributed by atoms with Gasteiger partial charge in [-0.2, -0.15) is 0 Å². The second-order valence-corrected chi connectivity index (χ2v) is 5.37. The molecule has 1 aromatic rings. The van der Waals surface area contributed by atoms with Gasteiger partial charge >= 0.3 is 6.03 Å². The van der Waals surface area contributed by atoms with Crippen LogP contribution in [-0.4, -0.2) is 37.2 Å². The molecule has 0 aromatic heterocycles. The summed E-state index contributed by atoms with van der Waals surface area (Å²) in [6.07, 6.45) is 3.25. The van der Waals surface area contributed by atoms with Gasteiger partial charge in [0.25, 0.3) is 0 Å². The molecule has 1 atom stereocenters. The second kappa shape index (κ2) is 5.51. The first-order valence-electron chi connectivity index (χ1n) is 7.06. The number of fused-ring (bicyclic) bond motifs is 1. The molecule has 0 bridgehead atoms. The molecule has 0 aliphatic carbocycles. The van der Waals surface area contributed by atoms with E-state index in [4.69, 9.17) is 4.74 Å². The van der Waals surface area contributed by atoms with Gasteiger partial charge in [-0.1, -0.05) is 18.2 Å². The lowest BCUT2D eigenvalue weighted by Gasteiger charge is -2.26. The minimum absolute atomic E-state index is 0.0800. The van der Waals surface area contributed by atoms with Crippen LogP contribution in [0, 0.1) is 5.92 Å². The van der Waals surface area contributed by atoms with Crippen molar-refractivity contribution >= 4 is 6.03 Å². The van der Waals surface area contributed by atoms with Gasteiger partial charge in [-0.05, 0) is 30.9 Å². The molecule has 0 radical (unpaired) electrons. The van der Waals surface area contributed by atoms with Crippen molar-refractivity contribution in [1.82, 2.24) is 10.2 Å². The highest BCUT2D eigenvalue weighted by atomic mass is 16.5. The van der Waals surface area contributed by atoms with Crippen LogP contribution in [-0.2, 0) is 6.42 Å². The average Bonchev–Trinajstić information content (AvgIpc) is 2.99. The van der Waals surface area contributed by atoms with Gasteiger partial charge in [0.05, 0.1) is 6.61 Å². The molecule has 1 N–H and O–H groups in total. The van der Waals surface area contributed by atoms with E-state index in [1.165, 1.54) is 5.56 Å². The van der Waals surface area contributed by atoms with Gasteiger partial charge in [-0.3, -0.25) is 0 Å². The highest BCUT2D eigenvalue weighted by molar-refractivity contribution is 5.74. The first-order valence-corrected chi connectivity index (χ1v) is 7.06. The Morgan fingerprint density at radius 1 is 1.32 bits per heavy atom. The van der Waals surface area contributed by atoms with Crippen molar-refractivity contribution in [1.29, 1.82) is 0 Å². The lowest BCUT2D eigenvalue weighted by atomic mass is 9.97. The summed E-state index contributed by atoms with van der Waals surface area (Å²) in [7, 11) is 0. The highest BCUT2D eigenvalue weighted by Gasteiger charge is 2.22. The Morgan fingerprint density at radius 2 is 2.11 bits per heavy atom. The number of nitrogens with one attached hydrogen (secondary N) is 1. The Morgan fingerprint density at radius 3 is 2.95 bits per heavy atom. The van der Waals surface area contributed by atoms with Crippen molar-refractivity contribution in [2.45, 2.75) is 19.3 Å². The van der Waals surface area contributed by atoms with Crippen LogP contribution in [0.2, 0.25) is 0 Å². The first-order chi connectivity index (χ1) is 9.33. The van der Waals surface area contributed by atoms with Gasteiger partial charge < -0.3 is 15.0 Å². The number of likely N-dealkylation sites (tertiary alicyclic amines) is 1. The SMILES string of the molecule is O=C(NC[C@H]1COc2ccccc2C1)N1CCCC1. The number of hydrogen-bond acceptors (Lipinski definition) is 2. The fraction of sp³-hybridized carbons (Fsp3) is 0.533. The Kier molecular flexibility index (Phi) is 3.58. The van der Waals surface area contributed by atoms with Crippen molar-refractivity contribution in [2.24, 2.45) is 5.92 Å². The average molecular weight is 260 g/mol. The van der Waals surface area contributed by atoms with Gasteiger partial charge in [-0.25, -0.2) is 4.79 Å². The van der Waals surface area contributed by atoms with Crippen molar-refractivity contribution in [2.75, 3.05) is 26.2 Å². The maximum absolute atomic E-state index is 11.9. The minimum Gasteiger partial charge on any atom is -0.493 e.